The summed E-state index contributed by atoms with van der Waals surface area (Å²) >= 11 is 1.32. The van der Waals surface area contributed by atoms with E-state index in [-0.39, 0.29) is 23.2 Å². The Morgan fingerprint density at radius 3 is 2.36 bits per heavy atom. The first-order chi connectivity index (χ1) is 13.2. The fourth-order valence-corrected chi connectivity index (χ4v) is 3.11. The zero-order valence-corrected chi connectivity index (χ0v) is 15.9. The minimum atomic E-state index is -4.76. The van der Waals surface area contributed by atoms with E-state index in [0.717, 1.165) is 17.7 Å². The van der Waals surface area contributed by atoms with Gasteiger partial charge in [0.15, 0.2) is 5.78 Å². The zero-order chi connectivity index (χ0) is 20.7. The molecule has 0 saturated carbocycles. The topological polar surface area (TPSA) is 64.6 Å². The molecule has 5 nitrogen and oxygen atoms in total. The number of methoxy groups -OCH3 is 1. The van der Waals surface area contributed by atoms with Gasteiger partial charge in [-0.3, -0.25) is 9.59 Å². The van der Waals surface area contributed by atoms with E-state index in [4.69, 9.17) is 4.74 Å². The first-order valence-electron chi connectivity index (χ1n) is 8.09. The smallest absolute Gasteiger partial charge is 0.496 e. The fraction of sp³-hybridized carbons (Fsp3) is 0.263. The number of Topliss-reactive ketones (excluding diaryl/α,β-unsaturated/α-hetero) is 1. The molecule has 28 heavy (non-hydrogen) atoms. The molecular weight excluding hydrogens is 395 g/mol. The van der Waals surface area contributed by atoms with E-state index < -0.39 is 6.36 Å². The van der Waals surface area contributed by atoms with E-state index in [9.17, 15) is 22.8 Å². The molecule has 0 bridgehead atoms. The van der Waals surface area contributed by atoms with Crippen LogP contribution >= 0.6 is 11.8 Å². The van der Waals surface area contributed by atoms with E-state index >= 15 is 0 Å². The number of ether oxygens (including phenoxy) is 2. The Balaban J connectivity index is 1.88. The number of hydrogen-bond acceptors (Lipinski definition) is 5. The quantitative estimate of drug-likeness (QED) is 0.638. The molecule has 0 saturated heterocycles. The highest BCUT2D eigenvalue weighted by Gasteiger charge is 2.30. The van der Waals surface area contributed by atoms with Crippen LogP contribution in [-0.2, 0) is 10.5 Å². The number of ketones is 1. The number of thioether (sulfide) groups is 1. The molecule has 0 heterocycles. The van der Waals surface area contributed by atoms with Gasteiger partial charge in [0.05, 0.1) is 12.9 Å². The van der Waals surface area contributed by atoms with Crippen LogP contribution in [0.1, 0.15) is 22.8 Å². The Kier molecular flexibility index (Phi) is 7.33. The van der Waals surface area contributed by atoms with Crippen molar-refractivity contribution in [3.63, 3.8) is 0 Å². The molecule has 0 aliphatic heterocycles. The SMILES string of the molecule is COc1ccc(C(C)=O)cc1CSCC(=O)Nc1ccc(OC(F)(F)F)cc1. The maximum absolute atomic E-state index is 12.1. The number of alkyl halides is 3. The summed E-state index contributed by atoms with van der Waals surface area (Å²) in [5, 5.41) is 2.59. The first-order valence-corrected chi connectivity index (χ1v) is 9.24. The average Bonchev–Trinajstić information content (AvgIpc) is 2.62. The number of amides is 1. The minimum Gasteiger partial charge on any atom is -0.496 e. The van der Waals surface area contributed by atoms with Crippen molar-refractivity contribution in [2.75, 3.05) is 18.2 Å². The molecular formula is C19H18F3NO4S. The van der Waals surface area contributed by atoms with Crippen LogP contribution in [-0.4, -0.2) is 30.9 Å². The van der Waals surface area contributed by atoms with Crippen molar-refractivity contribution in [2.24, 2.45) is 0 Å². The predicted octanol–water partition coefficient (Wildman–Crippen LogP) is 4.67. The monoisotopic (exact) mass is 413 g/mol. The Morgan fingerprint density at radius 2 is 1.79 bits per heavy atom. The lowest BCUT2D eigenvalue weighted by Crippen LogP contribution is -2.17. The van der Waals surface area contributed by atoms with E-state index in [1.165, 1.54) is 37.9 Å². The summed E-state index contributed by atoms with van der Waals surface area (Å²) in [6, 6.07) is 9.99. The number of nitrogens with one attached hydrogen (secondary N) is 1. The second kappa shape index (κ2) is 9.50. The number of hydrogen-bond donors (Lipinski definition) is 1. The minimum absolute atomic E-state index is 0.0652. The number of halogens is 3. The number of anilines is 1. The van der Waals surface area contributed by atoms with Gasteiger partial charge in [0.1, 0.15) is 11.5 Å². The van der Waals surface area contributed by atoms with Crippen LogP contribution < -0.4 is 14.8 Å². The van der Waals surface area contributed by atoms with Gasteiger partial charge < -0.3 is 14.8 Å². The van der Waals surface area contributed by atoms with Gasteiger partial charge in [0.25, 0.3) is 0 Å². The van der Waals surface area contributed by atoms with Gasteiger partial charge in [-0.25, -0.2) is 0 Å². The highest BCUT2D eigenvalue weighted by molar-refractivity contribution is 7.99. The molecule has 0 fully saturated rings. The fourth-order valence-electron chi connectivity index (χ4n) is 2.30. The molecule has 9 heteroatoms. The van der Waals surface area contributed by atoms with Gasteiger partial charge >= 0.3 is 6.36 Å². The van der Waals surface area contributed by atoms with Gasteiger partial charge in [-0.1, -0.05) is 0 Å². The van der Waals surface area contributed by atoms with Crippen LogP contribution in [0.3, 0.4) is 0 Å². The summed E-state index contributed by atoms with van der Waals surface area (Å²) in [5.41, 5.74) is 1.71. The third kappa shape index (κ3) is 6.80. The number of benzene rings is 2. The highest BCUT2D eigenvalue weighted by atomic mass is 32.2. The second-order valence-electron chi connectivity index (χ2n) is 5.70. The van der Waals surface area contributed by atoms with Crippen LogP contribution in [0.5, 0.6) is 11.5 Å². The third-order valence-electron chi connectivity index (χ3n) is 3.55. The number of carbonyl (C=O) groups excluding carboxylic acids is 2. The van der Waals surface area contributed by atoms with Crippen molar-refractivity contribution in [3.8, 4) is 11.5 Å². The maximum atomic E-state index is 12.1. The lowest BCUT2D eigenvalue weighted by molar-refractivity contribution is -0.274. The van der Waals surface area contributed by atoms with Crippen LogP contribution in [0.25, 0.3) is 0 Å². The molecule has 0 aliphatic rings. The van der Waals surface area contributed by atoms with Crippen LogP contribution in [0.4, 0.5) is 18.9 Å². The highest BCUT2D eigenvalue weighted by Crippen LogP contribution is 2.26. The van der Waals surface area contributed by atoms with E-state index in [0.29, 0.717) is 22.8 Å². The Labute approximate surface area is 164 Å². The molecule has 0 aliphatic carbocycles. The Hall–Kier alpha value is -2.68. The standard InChI is InChI=1S/C19H18F3NO4S/c1-12(24)13-3-8-17(26-2)14(9-13)10-28-11-18(25)23-15-4-6-16(7-5-15)27-19(20,21)22/h3-9H,10-11H2,1-2H3,(H,23,25). The van der Waals surface area contributed by atoms with Crippen molar-refractivity contribution in [2.45, 2.75) is 19.0 Å². The van der Waals surface area contributed by atoms with Crippen LogP contribution in [0.15, 0.2) is 42.5 Å². The molecule has 0 unspecified atom stereocenters. The van der Waals surface area contributed by atoms with Gasteiger partial charge in [0, 0.05) is 22.6 Å². The van der Waals surface area contributed by atoms with Crippen LogP contribution in [0, 0.1) is 0 Å². The number of rotatable bonds is 8. The Bertz CT molecular complexity index is 838. The summed E-state index contributed by atoms with van der Waals surface area (Å²) in [4.78, 5) is 23.5. The second-order valence-corrected chi connectivity index (χ2v) is 6.68. The molecule has 2 aromatic rings. The van der Waals surface area contributed by atoms with E-state index in [1.807, 2.05) is 0 Å². The first kappa shape index (κ1) is 21.6. The summed E-state index contributed by atoms with van der Waals surface area (Å²) in [6.45, 7) is 1.47. The number of carbonyl (C=O) groups is 2. The molecule has 1 amide bonds. The van der Waals surface area contributed by atoms with Gasteiger partial charge in [-0.2, -0.15) is 0 Å². The zero-order valence-electron chi connectivity index (χ0n) is 15.1. The average molecular weight is 413 g/mol. The van der Waals surface area contributed by atoms with Gasteiger partial charge in [-0.15, -0.1) is 24.9 Å². The normalized spacial score (nSPS) is 11.0. The van der Waals surface area contributed by atoms with Crippen molar-refractivity contribution >= 4 is 29.1 Å². The van der Waals surface area contributed by atoms with Crippen LogP contribution in [0.2, 0.25) is 0 Å². The van der Waals surface area contributed by atoms with Gasteiger partial charge in [-0.05, 0) is 49.4 Å². The molecule has 0 radical (unpaired) electrons. The summed E-state index contributed by atoms with van der Waals surface area (Å²) in [7, 11) is 1.52. The molecule has 0 aromatic heterocycles. The lowest BCUT2D eigenvalue weighted by atomic mass is 10.1. The van der Waals surface area contributed by atoms with E-state index in [2.05, 4.69) is 10.1 Å². The molecule has 2 aromatic carbocycles. The van der Waals surface area contributed by atoms with Crippen molar-refractivity contribution in [1.82, 2.24) is 0 Å². The molecule has 1 N–H and O–H groups in total. The molecule has 0 atom stereocenters. The maximum Gasteiger partial charge on any atom is 0.573 e. The van der Waals surface area contributed by atoms with E-state index in [1.54, 1.807) is 18.2 Å². The summed E-state index contributed by atoms with van der Waals surface area (Å²) in [6.07, 6.45) is -4.76. The van der Waals surface area contributed by atoms with Crippen molar-refractivity contribution in [3.05, 3.63) is 53.6 Å². The third-order valence-corrected chi connectivity index (χ3v) is 4.53. The summed E-state index contributed by atoms with van der Waals surface area (Å²) < 4.78 is 45.4. The van der Waals surface area contributed by atoms with Gasteiger partial charge in [0.2, 0.25) is 5.91 Å². The van der Waals surface area contributed by atoms with Crippen molar-refractivity contribution in [1.29, 1.82) is 0 Å². The summed E-state index contributed by atoms with van der Waals surface area (Å²) in [5.74, 6) is 0.459. The molecule has 150 valence electrons. The molecule has 2 rings (SSSR count). The van der Waals surface area contributed by atoms with Crippen molar-refractivity contribution < 1.29 is 32.2 Å². The molecule has 0 spiro atoms. The Morgan fingerprint density at radius 1 is 1.11 bits per heavy atom. The predicted molar refractivity (Wildman–Crippen MR) is 101 cm³/mol. The lowest BCUT2D eigenvalue weighted by Gasteiger charge is -2.11. The largest absolute Gasteiger partial charge is 0.573 e.